The summed E-state index contributed by atoms with van der Waals surface area (Å²) in [4.78, 5) is 28.7. The molecule has 0 bridgehead atoms. The normalized spacial score (nSPS) is 11.9. The van der Waals surface area contributed by atoms with Crippen LogP contribution < -0.4 is 5.32 Å². The lowest BCUT2D eigenvalue weighted by atomic mass is 10.0. The highest BCUT2D eigenvalue weighted by Crippen LogP contribution is 2.26. The molecule has 0 unspecified atom stereocenters. The predicted octanol–water partition coefficient (Wildman–Crippen LogP) is 7.01. The van der Waals surface area contributed by atoms with Crippen molar-refractivity contribution in [3.8, 4) is 0 Å². The first-order valence-electron chi connectivity index (χ1n) is 11.2. The maximum atomic E-state index is 13.7. The molecule has 8 heteroatoms. The third-order valence-electron chi connectivity index (χ3n) is 5.40. The maximum absolute atomic E-state index is 13.7. The summed E-state index contributed by atoms with van der Waals surface area (Å²) >= 11 is 24.7. The van der Waals surface area contributed by atoms with Gasteiger partial charge in [-0.2, -0.15) is 0 Å². The molecule has 1 atom stereocenters. The third kappa shape index (κ3) is 7.88. The second-order valence-electron chi connectivity index (χ2n) is 8.55. The van der Waals surface area contributed by atoms with Gasteiger partial charge in [-0.25, -0.2) is 0 Å². The van der Waals surface area contributed by atoms with Gasteiger partial charge in [-0.15, -0.1) is 0 Å². The van der Waals surface area contributed by atoms with Crippen LogP contribution in [0.2, 0.25) is 20.1 Å². The smallest absolute Gasteiger partial charge is 0.243 e. The summed E-state index contributed by atoms with van der Waals surface area (Å²) in [6.45, 7) is 3.91. The van der Waals surface area contributed by atoms with E-state index in [-0.39, 0.29) is 30.8 Å². The molecule has 0 aliphatic heterocycles. The van der Waals surface area contributed by atoms with E-state index in [1.807, 2.05) is 44.2 Å². The molecule has 3 rings (SSSR count). The fraction of sp³-hybridized carbons (Fsp3) is 0.259. The number of rotatable bonds is 9. The van der Waals surface area contributed by atoms with Gasteiger partial charge in [0.1, 0.15) is 6.04 Å². The largest absolute Gasteiger partial charge is 0.352 e. The van der Waals surface area contributed by atoms with Crippen molar-refractivity contribution >= 4 is 58.2 Å². The van der Waals surface area contributed by atoms with Gasteiger partial charge < -0.3 is 10.2 Å². The molecule has 35 heavy (non-hydrogen) atoms. The molecule has 0 aliphatic carbocycles. The summed E-state index contributed by atoms with van der Waals surface area (Å²) < 4.78 is 0. The van der Waals surface area contributed by atoms with Gasteiger partial charge in [-0.05, 0) is 54.8 Å². The van der Waals surface area contributed by atoms with Crippen LogP contribution in [0.4, 0.5) is 0 Å². The van der Waals surface area contributed by atoms with Gasteiger partial charge in [0.2, 0.25) is 11.8 Å². The molecule has 184 valence electrons. The number of amides is 2. The lowest BCUT2D eigenvalue weighted by Crippen LogP contribution is -2.52. The molecule has 3 aromatic rings. The fourth-order valence-corrected chi connectivity index (χ4v) is 4.48. The molecule has 0 aliphatic rings. The van der Waals surface area contributed by atoms with Crippen molar-refractivity contribution in [3.63, 3.8) is 0 Å². The standard InChI is InChI=1S/C27H26Cl4N2O2/c1-17(2)32-27(35)25(13-18-6-4-3-5-7-18)33(16-20-9-10-21(28)15-23(20)30)26(34)14-19-8-11-22(29)24(31)12-19/h3-12,15,17,25H,13-14,16H2,1-2H3,(H,32,35)/t25-/m1/s1. The average molecular weight is 552 g/mol. The zero-order chi connectivity index (χ0) is 25.5. The first kappa shape index (κ1) is 27.3. The minimum atomic E-state index is -0.762. The van der Waals surface area contributed by atoms with Crippen LogP contribution in [0.1, 0.15) is 30.5 Å². The lowest BCUT2D eigenvalue weighted by molar-refractivity contribution is -0.141. The Balaban J connectivity index is 2.01. The number of nitrogens with one attached hydrogen (secondary N) is 1. The Labute approximate surface area is 226 Å². The van der Waals surface area contributed by atoms with Crippen molar-refractivity contribution in [1.29, 1.82) is 0 Å². The van der Waals surface area contributed by atoms with Gasteiger partial charge in [-0.3, -0.25) is 9.59 Å². The van der Waals surface area contributed by atoms with Crippen LogP contribution in [0.25, 0.3) is 0 Å². The van der Waals surface area contributed by atoms with Crippen molar-refractivity contribution in [1.82, 2.24) is 10.2 Å². The van der Waals surface area contributed by atoms with Crippen LogP contribution in [-0.4, -0.2) is 28.8 Å². The highest BCUT2D eigenvalue weighted by molar-refractivity contribution is 6.42. The summed E-state index contributed by atoms with van der Waals surface area (Å²) in [5.74, 6) is -0.481. The highest BCUT2D eigenvalue weighted by Gasteiger charge is 2.31. The molecule has 4 nitrogen and oxygen atoms in total. The minimum Gasteiger partial charge on any atom is -0.352 e. The van der Waals surface area contributed by atoms with E-state index in [9.17, 15) is 9.59 Å². The Morgan fingerprint density at radius 2 is 1.54 bits per heavy atom. The molecule has 2 amide bonds. The first-order valence-corrected chi connectivity index (χ1v) is 12.7. The molecule has 3 aromatic carbocycles. The zero-order valence-corrected chi connectivity index (χ0v) is 22.4. The first-order chi connectivity index (χ1) is 16.6. The van der Waals surface area contributed by atoms with E-state index in [0.717, 1.165) is 5.56 Å². The minimum absolute atomic E-state index is 0.0440. The van der Waals surface area contributed by atoms with Crippen molar-refractivity contribution in [2.45, 2.75) is 45.3 Å². The average Bonchev–Trinajstić information content (AvgIpc) is 2.80. The van der Waals surface area contributed by atoms with Crippen molar-refractivity contribution in [2.75, 3.05) is 0 Å². The van der Waals surface area contributed by atoms with Crippen LogP contribution in [-0.2, 0) is 29.0 Å². The molecular formula is C27H26Cl4N2O2. The number of hydrogen-bond donors (Lipinski definition) is 1. The third-order valence-corrected chi connectivity index (χ3v) is 6.72. The summed E-state index contributed by atoms with van der Waals surface area (Å²) in [6, 6.07) is 18.9. The summed E-state index contributed by atoms with van der Waals surface area (Å²) in [5.41, 5.74) is 2.32. The van der Waals surface area contributed by atoms with Gasteiger partial charge in [0.05, 0.1) is 16.5 Å². The molecule has 0 spiro atoms. The number of nitrogens with zero attached hydrogens (tertiary/aromatic N) is 1. The zero-order valence-electron chi connectivity index (χ0n) is 19.4. The maximum Gasteiger partial charge on any atom is 0.243 e. The van der Waals surface area contributed by atoms with Gasteiger partial charge in [0.25, 0.3) is 0 Å². The van der Waals surface area contributed by atoms with Crippen LogP contribution in [0, 0.1) is 0 Å². The van der Waals surface area contributed by atoms with Gasteiger partial charge in [-0.1, -0.05) is 88.9 Å². The molecule has 0 fully saturated rings. The molecule has 0 saturated carbocycles. The molecule has 1 N–H and O–H groups in total. The van der Waals surface area contributed by atoms with Gasteiger partial charge >= 0.3 is 0 Å². The van der Waals surface area contributed by atoms with E-state index in [1.165, 1.54) is 0 Å². The number of carbonyl (C=O) groups excluding carboxylic acids is 2. The Hall–Kier alpha value is -2.24. The highest BCUT2D eigenvalue weighted by atomic mass is 35.5. The monoisotopic (exact) mass is 550 g/mol. The fourth-order valence-electron chi connectivity index (χ4n) is 3.69. The number of benzene rings is 3. The predicted molar refractivity (Wildman–Crippen MR) is 144 cm³/mol. The van der Waals surface area contributed by atoms with E-state index in [4.69, 9.17) is 46.4 Å². The Bertz CT molecular complexity index is 1190. The lowest BCUT2D eigenvalue weighted by Gasteiger charge is -2.32. The Kier molecular flexibility index (Phi) is 9.88. The summed E-state index contributed by atoms with van der Waals surface area (Å²) in [6.07, 6.45) is 0.389. The second-order valence-corrected chi connectivity index (χ2v) is 10.2. The van der Waals surface area contributed by atoms with Crippen LogP contribution in [0.3, 0.4) is 0 Å². The Morgan fingerprint density at radius 3 is 2.17 bits per heavy atom. The van der Waals surface area contributed by atoms with Gasteiger partial charge in [0, 0.05) is 29.1 Å². The van der Waals surface area contributed by atoms with E-state index in [2.05, 4.69) is 5.32 Å². The topological polar surface area (TPSA) is 49.4 Å². The number of hydrogen-bond acceptors (Lipinski definition) is 2. The van der Waals surface area contributed by atoms with Crippen molar-refractivity contribution in [3.05, 3.63) is 104 Å². The Morgan fingerprint density at radius 1 is 0.829 bits per heavy atom. The van der Waals surface area contributed by atoms with E-state index < -0.39 is 6.04 Å². The van der Waals surface area contributed by atoms with Crippen LogP contribution >= 0.6 is 46.4 Å². The molecule has 0 heterocycles. The van der Waals surface area contributed by atoms with Gasteiger partial charge in [0.15, 0.2) is 0 Å². The van der Waals surface area contributed by atoms with Crippen molar-refractivity contribution < 1.29 is 9.59 Å². The van der Waals surface area contributed by atoms with Crippen LogP contribution in [0.15, 0.2) is 66.7 Å². The molecule has 0 saturated heterocycles. The molecular weight excluding hydrogens is 526 g/mol. The van der Waals surface area contributed by atoms with E-state index in [1.54, 1.807) is 41.3 Å². The second kappa shape index (κ2) is 12.6. The van der Waals surface area contributed by atoms with E-state index in [0.29, 0.717) is 37.6 Å². The summed E-state index contributed by atoms with van der Waals surface area (Å²) in [7, 11) is 0. The SMILES string of the molecule is CC(C)NC(=O)[C@@H](Cc1ccccc1)N(Cc1ccc(Cl)cc1Cl)C(=O)Cc1ccc(Cl)c(Cl)c1. The molecule has 0 aromatic heterocycles. The number of carbonyl (C=O) groups is 2. The van der Waals surface area contributed by atoms with Crippen molar-refractivity contribution in [2.24, 2.45) is 0 Å². The van der Waals surface area contributed by atoms with E-state index >= 15 is 0 Å². The number of halogens is 4. The quantitative estimate of drug-likeness (QED) is 0.311. The summed E-state index contributed by atoms with van der Waals surface area (Å²) in [5, 5.41) is 4.65. The molecule has 0 radical (unpaired) electrons. The van der Waals surface area contributed by atoms with Crippen LogP contribution in [0.5, 0.6) is 0 Å².